The average molecular weight is 348 g/mol. The minimum Gasteiger partial charge on any atom is -0.399 e. The number of aromatic nitrogens is 1. The molecule has 0 amide bonds. The molecule has 1 aromatic heterocycles. The molecule has 1 heterocycles. The summed E-state index contributed by atoms with van der Waals surface area (Å²) in [6.07, 6.45) is 0.972. The van der Waals surface area contributed by atoms with Gasteiger partial charge in [-0.2, -0.15) is 0 Å². The van der Waals surface area contributed by atoms with E-state index in [1.807, 2.05) is 24.3 Å². The van der Waals surface area contributed by atoms with E-state index in [9.17, 15) is 0 Å². The molecular formula is C15H14BrN3S. The fourth-order valence-corrected chi connectivity index (χ4v) is 3.42. The van der Waals surface area contributed by atoms with Gasteiger partial charge in [-0.25, -0.2) is 4.98 Å². The summed E-state index contributed by atoms with van der Waals surface area (Å²) in [5, 5.41) is 4.30. The lowest BCUT2D eigenvalue weighted by Gasteiger charge is -2.08. The van der Waals surface area contributed by atoms with Gasteiger partial charge >= 0.3 is 0 Å². The molecule has 0 aliphatic carbocycles. The quantitative estimate of drug-likeness (QED) is 0.659. The van der Waals surface area contributed by atoms with Crippen molar-refractivity contribution in [3.63, 3.8) is 0 Å². The van der Waals surface area contributed by atoms with Gasteiger partial charge in [0.05, 0.1) is 10.2 Å². The molecule has 0 radical (unpaired) electrons. The van der Waals surface area contributed by atoms with E-state index in [-0.39, 0.29) is 0 Å². The van der Waals surface area contributed by atoms with Crippen molar-refractivity contribution in [2.24, 2.45) is 0 Å². The third kappa shape index (κ3) is 2.64. The highest BCUT2D eigenvalue weighted by Gasteiger charge is 2.07. The fourth-order valence-electron chi connectivity index (χ4n) is 2.09. The zero-order valence-electron chi connectivity index (χ0n) is 11.0. The number of rotatable bonds is 3. The number of fused-ring (bicyclic) bond motifs is 1. The Morgan fingerprint density at radius 3 is 2.90 bits per heavy atom. The predicted molar refractivity (Wildman–Crippen MR) is 90.8 cm³/mol. The molecule has 3 N–H and O–H groups in total. The molecule has 0 fully saturated rings. The molecule has 102 valence electrons. The van der Waals surface area contributed by atoms with Crippen molar-refractivity contribution < 1.29 is 0 Å². The van der Waals surface area contributed by atoms with E-state index in [1.54, 1.807) is 11.3 Å². The molecule has 0 aliphatic rings. The minimum atomic E-state index is 0.769. The number of halogens is 1. The zero-order valence-corrected chi connectivity index (χ0v) is 13.4. The number of anilines is 3. The number of thiazole rings is 1. The third-order valence-corrected chi connectivity index (χ3v) is 4.53. The third-order valence-electron chi connectivity index (χ3n) is 3.10. The number of nitrogens with two attached hydrogens (primary N) is 1. The summed E-state index contributed by atoms with van der Waals surface area (Å²) in [5.74, 6) is 0. The van der Waals surface area contributed by atoms with Gasteiger partial charge in [0.1, 0.15) is 0 Å². The van der Waals surface area contributed by atoms with Gasteiger partial charge in [-0.15, -0.1) is 0 Å². The van der Waals surface area contributed by atoms with Crippen LogP contribution in [0.2, 0.25) is 0 Å². The van der Waals surface area contributed by atoms with Crippen LogP contribution < -0.4 is 11.1 Å². The Labute approximate surface area is 130 Å². The van der Waals surface area contributed by atoms with Gasteiger partial charge < -0.3 is 11.1 Å². The molecular weight excluding hydrogens is 334 g/mol. The Balaban J connectivity index is 1.96. The van der Waals surface area contributed by atoms with E-state index < -0.39 is 0 Å². The largest absolute Gasteiger partial charge is 0.399 e. The highest BCUT2D eigenvalue weighted by atomic mass is 79.9. The van der Waals surface area contributed by atoms with Crippen LogP contribution in [0.3, 0.4) is 0 Å². The minimum absolute atomic E-state index is 0.769. The number of aryl methyl sites for hydroxylation is 1. The van der Waals surface area contributed by atoms with Gasteiger partial charge in [0.25, 0.3) is 0 Å². The molecule has 0 bridgehead atoms. The smallest absolute Gasteiger partial charge is 0.188 e. The molecule has 0 spiro atoms. The van der Waals surface area contributed by atoms with E-state index in [0.717, 1.165) is 37.6 Å². The van der Waals surface area contributed by atoms with Crippen molar-refractivity contribution in [2.75, 3.05) is 11.1 Å². The zero-order chi connectivity index (χ0) is 14.1. The van der Waals surface area contributed by atoms with Crippen LogP contribution in [0.25, 0.3) is 10.2 Å². The average Bonchev–Trinajstić information content (AvgIpc) is 2.82. The summed E-state index contributed by atoms with van der Waals surface area (Å²) < 4.78 is 2.19. The first-order valence-electron chi connectivity index (χ1n) is 6.37. The summed E-state index contributed by atoms with van der Waals surface area (Å²) in [6, 6.07) is 12.0. The van der Waals surface area contributed by atoms with Crippen LogP contribution in [-0.2, 0) is 6.42 Å². The first-order valence-corrected chi connectivity index (χ1v) is 7.98. The summed E-state index contributed by atoms with van der Waals surface area (Å²) in [6.45, 7) is 2.14. The molecule has 20 heavy (non-hydrogen) atoms. The fraction of sp³-hybridized carbons (Fsp3) is 0.133. The Morgan fingerprint density at radius 1 is 1.25 bits per heavy atom. The normalized spacial score (nSPS) is 10.9. The van der Waals surface area contributed by atoms with Crippen LogP contribution in [0.1, 0.15) is 12.5 Å². The second kappa shape index (κ2) is 5.42. The second-order valence-corrected chi connectivity index (χ2v) is 6.47. The van der Waals surface area contributed by atoms with Crippen molar-refractivity contribution in [3.05, 3.63) is 46.4 Å². The van der Waals surface area contributed by atoms with E-state index >= 15 is 0 Å². The van der Waals surface area contributed by atoms with Crippen LogP contribution >= 0.6 is 27.3 Å². The molecule has 2 aromatic carbocycles. The van der Waals surface area contributed by atoms with Crippen molar-refractivity contribution in [2.45, 2.75) is 13.3 Å². The Hall–Kier alpha value is -1.59. The molecule has 3 nitrogen and oxygen atoms in total. The second-order valence-electron chi connectivity index (χ2n) is 4.53. The Bertz CT molecular complexity index is 767. The molecule has 3 rings (SSSR count). The van der Waals surface area contributed by atoms with Crippen LogP contribution in [0.4, 0.5) is 16.5 Å². The number of hydrogen-bond acceptors (Lipinski definition) is 4. The highest BCUT2D eigenvalue weighted by molar-refractivity contribution is 9.10. The Morgan fingerprint density at radius 2 is 2.10 bits per heavy atom. The van der Waals surface area contributed by atoms with E-state index in [2.05, 4.69) is 45.3 Å². The van der Waals surface area contributed by atoms with Crippen LogP contribution in [-0.4, -0.2) is 4.98 Å². The first-order chi connectivity index (χ1) is 9.65. The predicted octanol–water partition coefficient (Wildman–Crippen LogP) is 4.95. The molecule has 5 heteroatoms. The van der Waals surface area contributed by atoms with Gasteiger partial charge in [-0.3, -0.25) is 0 Å². The summed E-state index contributed by atoms with van der Waals surface area (Å²) in [5.41, 5.74) is 9.91. The number of benzene rings is 2. The lowest BCUT2D eigenvalue weighted by Crippen LogP contribution is -1.94. The van der Waals surface area contributed by atoms with Crippen LogP contribution in [0, 0.1) is 0 Å². The molecule has 0 atom stereocenters. The Kier molecular flexibility index (Phi) is 3.63. The summed E-state index contributed by atoms with van der Waals surface area (Å²) in [7, 11) is 0. The summed E-state index contributed by atoms with van der Waals surface area (Å²) >= 11 is 5.12. The standard InChI is InChI=1S/C15H14BrN3S/c1-2-9-7-10(16)3-5-12(9)18-15-19-13-6-4-11(17)8-14(13)20-15/h3-8H,2,17H2,1H3,(H,18,19). The molecule has 0 unspecified atom stereocenters. The van der Waals surface area contributed by atoms with Crippen molar-refractivity contribution >= 4 is 54.0 Å². The van der Waals surface area contributed by atoms with Crippen LogP contribution in [0.15, 0.2) is 40.9 Å². The van der Waals surface area contributed by atoms with E-state index in [0.29, 0.717) is 0 Å². The lowest BCUT2D eigenvalue weighted by molar-refractivity contribution is 1.14. The number of hydrogen-bond donors (Lipinski definition) is 2. The topological polar surface area (TPSA) is 50.9 Å². The van der Waals surface area contributed by atoms with Gasteiger partial charge in [-0.1, -0.05) is 34.2 Å². The maximum atomic E-state index is 5.80. The monoisotopic (exact) mass is 347 g/mol. The first kappa shape index (κ1) is 13.4. The molecule has 0 saturated heterocycles. The highest BCUT2D eigenvalue weighted by Crippen LogP contribution is 2.31. The SMILES string of the molecule is CCc1cc(Br)ccc1Nc1nc2ccc(N)cc2s1. The van der Waals surface area contributed by atoms with Crippen molar-refractivity contribution in [1.29, 1.82) is 0 Å². The van der Waals surface area contributed by atoms with Gasteiger partial charge in [-0.05, 0) is 48.4 Å². The van der Waals surface area contributed by atoms with Crippen molar-refractivity contribution in [1.82, 2.24) is 4.98 Å². The maximum Gasteiger partial charge on any atom is 0.188 e. The van der Waals surface area contributed by atoms with E-state index in [1.165, 1.54) is 5.56 Å². The van der Waals surface area contributed by atoms with Crippen LogP contribution in [0.5, 0.6) is 0 Å². The van der Waals surface area contributed by atoms with Gasteiger partial charge in [0, 0.05) is 15.8 Å². The maximum absolute atomic E-state index is 5.80. The number of nitrogens with zero attached hydrogens (tertiary/aromatic N) is 1. The lowest BCUT2D eigenvalue weighted by atomic mass is 10.1. The van der Waals surface area contributed by atoms with Crippen molar-refractivity contribution in [3.8, 4) is 0 Å². The van der Waals surface area contributed by atoms with Gasteiger partial charge in [0.2, 0.25) is 0 Å². The molecule has 0 saturated carbocycles. The van der Waals surface area contributed by atoms with Gasteiger partial charge in [0.15, 0.2) is 5.13 Å². The van der Waals surface area contributed by atoms with E-state index in [4.69, 9.17) is 5.73 Å². The molecule has 0 aliphatic heterocycles. The summed E-state index contributed by atoms with van der Waals surface area (Å²) in [4.78, 5) is 4.59. The number of nitrogens with one attached hydrogen (secondary N) is 1. The number of nitrogen functional groups attached to an aromatic ring is 1. The molecule has 3 aromatic rings.